The normalized spacial score (nSPS) is 41.4. The van der Waals surface area contributed by atoms with Crippen molar-refractivity contribution in [1.29, 1.82) is 0 Å². The number of phenols is 1. The molecule has 5 aliphatic carbocycles. The molecule has 1 aromatic carbocycles. The summed E-state index contributed by atoms with van der Waals surface area (Å²) >= 11 is 0. The van der Waals surface area contributed by atoms with Crippen molar-refractivity contribution in [3.8, 4) is 5.75 Å². The summed E-state index contributed by atoms with van der Waals surface area (Å²) in [6.07, 6.45) is 22.8. The van der Waals surface area contributed by atoms with Crippen molar-refractivity contribution in [1.82, 2.24) is 0 Å². The Morgan fingerprint density at radius 2 is 1.44 bits per heavy atom. The van der Waals surface area contributed by atoms with E-state index in [1.54, 1.807) is 0 Å². The van der Waals surface area contributed by atoms with Crippen molar-refractivity contribution in [2.75, 3.05) is 0 Å². The third kappa shape index (κ3) is 2.61. The monoisotopic (exact) mass is 330 g/mol. The van der Waals surface area contributed by atoms with Crippen molar-refractivity contribution in [2.24, 2.45) is 17.8 Å². The molecule has 1 aromatic rings. The van der Waals surface area contributed by atoms with Crippen LogP contribution in [0.25, 0.3) is 5.57 Å². The van der Waals surface area contributed by atoms with E-state index in [1.807, 2.05) is 12.1 Å². The summed E-state index contributed by atoms with van der Waals surface area (Å²) in [4.78, 5) is 0. The molecule has 0 heterocycles. The number of phenolic OH excluding ortho intramolecular Hbond substituents is 1. The van der Waals surface area contributed by atoms with Crippen LogP contribution in [0.4, 0.5) is 0 Å². The van der Waals surface area contributed by atoms with Crippen LogP contribution in [-0.2, 0) is 5.41 Å². The first-order valence-corrected chi connectivity index (χ1v) is 9.77. The fourth-order valence-corrected chi connectivity index (χ4v) is 6.34. The number of rotatable bonds is 2. The Labute approximate surface area is 150 Å². The van der Waals surface area contributed by atoms with Crippen LogP contribution in [0, 0.1) is 17.8 Å². The highest BCUT2D eigenvalue weighted by atomic mass is 16.3. The first-order chi connectivity index (χ1) is 12.2. The molecule has 0 atom stereocenters. The Balaban J connectivity index is 1.56. The van der Waals surface area contributed by atoms with Crippen LogP contribution >= 0.6 is 0 Å². The summed E-state index contributed by atoms with van der Waals surface area (Å²) in [6, 6.07) is 6.28. The lowest BCUT2D eigenvalue weighted by molar-refractivity contribution is -0.00614. The van der Waals surface area contributed by atoms with Crippen LogP contribution in [0.5, 0.6) is 5.75 Å². The molecule has 0 unspecified atom stereocenters. The zero-order valence-corrected chi connectivity index (χ0v) is 14.7. The minimum atomic E-state index is 0.233. The molecule has 0 aliphatic heterocycles. The quantitative estimate of drug-likeness (QED) is 0.713. The van der Waals surface area contributed by atoms with E-state index in [0.29, 0.717) is 5.75 Å². The predicted molar refractivity (Wildman–Crippen MR) is 103 cm³/mol. The zero-order valence-electron chi connectivity index (χ0n) is 14.7. The highest BCUT2D eigenvalue weighted by Crippen LogP contribution is 2.61. The molecule has 25 heavy (non-hydrogen) atoms. The smallest absolute Gasteiger partial charge is 0.119 e. The van der Waals surface area contributed by atoms with Gasteiger partial charge in [0.25, 0.3) is 0 Å². The molecule has 1 nitrogen and oxygen atoms in total. The fraction of sp³-hybridized carbons (Fsp3) is 0.417. The van der Waals surface area contributed by atoms with Crippen LogP contribution in [0.2, 0.25) is 0 Å². The second kappa shape index (κ2) is 5.76. The molecule has 0 aromatic heterocycles. The van der Waals surface area contributed by atoms with Gasteiger partial charge in [-0.15, -0.1) is 0 Å². The third-order valence-corrected chi connectivity index (χ3v) is 6.94. The molecule has 4 saturated carbocycles. The van der Waals surface area contributed by atoms with Crippen LogP contribution in [0.3, 0.4) is 0 Å². The number of hydrogen-bond acceptors (Lipinski definition) is 1. The second-order valence-corrected chi connectivity index (χ2v) is 8.68. The number of allylic oxidation sites excluding steroid dienone is 8. The van der Waals surface area contributed by atoms with Gasteiger partial charge in [0.15, 0.2) is 0 Å². The summed E-state index contributed by atoms with van der Waals surface area (Å²) in [7, 11) is 0. The Bertz CT molecular complexity index is 770. The molecule has 128 valence electrons. The van der Waals surface area contributed by atoms with Gasteiger partial charge in [-0.25, -0.2) is 0 Å². The van der Waals surface area contributed by atoms with Gasteiger partial charge in [0.05, 0.1) is 0 Å². The summed E-state index contributed by atoms with van der Waals surface area (Å²) in [5.74, 6) is 3.19. The second-order valence-electron chi connectivity index (χ2n) is 8.68. The average molecular weight is 330 g/mol. The standard InChI is InChI=1S/C24H26O/c25-23-9-8-21(20-6-4-2-1-3-5-7-20)13-22(23)24-14-17-10-18(15-24)12-19(11-17)16-24/h1-9,13,17-19,25H,10-12,14-16H2/b2-1-,3-1?,4-2?,5-3-,6-4-,7-5?,20-6?,20-7+. The van der Waals surface area contributed by atoms with E-state index in [-0.39, 0.29) is 5.41 Å². The fourth-order valence-electron chi connectivity index (χ4n) is 6.34. The molecule has 0 spiro atoms. The maximum absolute atomic E-state index is 10.7. The van der Waals surface area contributed by atoms with Gasteiger partial charge in [0.1, 0.15) is 5.75 Å². The molecule has 0 saturated heterocycles. The third-order valence-electron chi connectivity index (χ3n) is 6.94. The van der Waals surface area contributed by atoms with Crippen LogP contribution < -0.4 is 0 Å². The van der Waals surface area contributed by atoms with Crippen molar-refractivity contribution >= 4 is 5.57 Å². The summed E-state index contributed by atoms with van der Waals surface area (Å²) in [5.41, 5.74) is 3.89. The van der Waals surface area contributed by atoms with Crippen LogP contribution in [0.15, 0.2) is 60.7 Å². The van der Waals surface area contributed by atoms with E-state index < -0.39 is 0 Å². The minimum absolute atomic E-state index is 0.233. The predicted octanol–water partition coefficient (Wildman–Crippen LogP) is 5.93. The number of hydrogen-bond donors (Lipinski definition) is 1. The van der Waals surface area contributed by atoms with Crippen LogP contribution in [0.1, 0.15) is 49.7 Å². The molecule has 0 amide bonds. The lowest BCUT2D eigenvalue weighted by atomic mass is 9.48. The molecule has 1 heteroatoms. The van der Waals surface area contributed by atoms with E-state index in [1.165, 1.54) is 55.2 Å². The Hall–Kier alpha value is -2.02. The van der Waals surface area contributed by atoms with E-state index in [0.717, 1.165) is 17.8 Å². The highest BCUT2D eigenvalue weighted by Gasteiger charge is 2.52. The van der Waals surface area contributed by atoms with Gasteiger partial charge in [-0.3, -0.25) is 0 Å². The van der Waals surface area contributed by atoms with E-state index in [4.69, 9.17) is 0 Å². The first kappa shape index (κ1) is 15.3. The maximum Gasteiger partial charge on any atom is 0.119 e. The Morgan fingerprint density at radius 3 is 2.16 bits per heavy atom. The van der Waals surface area contributed by atoms with Gasteiger partial charge in [-0.05, 0) is 85.0 Å². The molecule has 5 aliphatic rings. The highest BCUT2D eigenvalue weighted by molar-refractivity contribution is 5.77. The molecular formula is C24H26O. The van der Waals surface area contributed by atoms with Gasteiger partial charge in [0, 0.05) is 5.56 Å². The molecule has 4 fully saturated rings. The van der Waals surface area contributed by atoms with E-state index >= 15 is 0 Å². The summed E-state index contributed by atoms with van der Waals surface area (Å²) < 4.78 is 0. The SMILES string of the molecule is Oc1ccc(C2=C/C=C\C=C/C=C\2)cc1C12CC3CC(CC(C3)C1)C2. The molecule has 0 radical (unpaired) electrons. The topological polar surface area (TPSA) is 20.2 Å². The number of aromatic hydroxyl groups is 1. The average Bonchev–Trinajstić information content (AvgIpc) is 2.54. The van der Waals surface area contributed by atoms with Gasteiger partial charge < -0.3 is 5.11 Å². The van der Waals surface area contributed by atoms with Crippen molar-refractivity contribution < 1.29 is 5.11 Å². The summed E-state index contributed by atoms with van der Waals surface area (Å²) in [5, 5.41) is 10.7. The van der Waals surface area contributed by atoms with Crippen LogP contribution in [-0.4, -0.2) is 5.11 Å². The molecular weight excluding hydrogens is 304 g/mol. The van der Waals surface area contributed by atoms with E-state index in [2.05, 4.69) is 48.6 Å². The molecule has 6 rings (SSSR count). The lowest BCUT2D eigenvalue weighted by Crippen LogP contribution is -2.48. The molecule has 1 N–H and O–H groups in total. The van der Waals surface area contributed by atoms with Gasteiger partial charge >= 0.3 is 0 Å². The maximum atomic E-state index is 10.7. The van der Waals surface area contributed by atoms with Crippen molar-refractivity contribution in [3.63, 3.8) is 0 Å². The lowest BCUT2D eigenvalue weighted by Gasteiger charge is -2.57. The van der Waals surface area contributed by atoms with Gasteiger partial charge in [-0.2, -0.15) is 0 Å². The molecule has 4 bridgehead atoms. The van der Waals surface area contributed by atoms with E-state index in [9.17, 15) is 5.11 Å². The van der Waals surface area contributed by atoms with Crippen molar-refractivity contribution in [3.05, 3.63) is 71.9 Å². The number of benzene rings is 1. The zero-order chi connectivity index (χ0) is 16.9. The Kier molecular flexibility index (Phi) is 3.51. The van der Waals surface area contributed by atoms with Crippen molar-refractivity contribution in [2.45, 2.75) is 43.9 Å². The largest absolute Gasteiger partial charge is 0.508 e. The summed E-state index contributed by atoms with van der Waals surface area (Å²) in [6.45, 7) is 0. The van der Waals surface area contributed by atoms with Gasteiger partial charge in [-0.1, -0.05) is 48.6 Å². The van der Waals surface area contributed by atoms with Gasteiger partial charge in [0.2, 0.25) is 0 Å². The minimum Gasteiger partial charge on any atom is -0.508 e. The first-order valence-electron chi connectivity index (χ1n) is 9.77. The Morgan fingerprint density at radius 1 is 0.800 bits per heavy atom.